The summed E-state index contributed by atoms with van der Waals surface area (Å²) in [7, 11) is 0. The van der Waals surface area contributed by atoms with Gasteiger partial charge in [-0.05, 0) is 18.6 Å². The first-order valence-corrected chi connectivity index (χ1v) is 6.86. The smallest absolute Gasteiger partial charge is 0.353 e. The molecule has 0 aromatic carbocycles. The van der Waals surface area contributed by atoms with Crippen molar-refractivity contribution in [2.75, 3.05) is 18.0 Å². The highest BCUT2D eigenvalue weighted by Crippen LogP contribution is 2.56. The summed E-state index contributed by atoms with van der Waals surface area (Å²) in [5, 5.41) is 9.23. The van der Waals surface area contributed by atoms with Crippen molar-refractivity contribution in [3.05, 3.63) is 30.1 Å². The van der Waals surface area contributed by atoms with E-state index in [4.69, 9.17) is 0 Å². The highest BCUT2D eigenvalue weighted by atomic mass is 19.4. The maximum Gasteiger partial charge on any atom is 0.404 e. The third kappa shape index (κ3) is 2.18. The van der Waals surface area contributed by atoms with Crippen molar-refractivity contribution in [1.82, 2.24) is 9.38 Å². The number of hydrogen-bond donors (Lipinski definition) is 0. The molecular weight excluding hydrogens is 338 g/mol. The van der Waals surface area contributed by atoms with Crippen molar-refractivity contribution in [2.24, 2.45) is 5.41 Å². The van der Waals surface area contributed by atoms with Gasteiger partial charge in [-0.1, -0.05) is 6.07 Å². The van der Waals surface area contributed by atoms with Gasteiger partial charge in [-0.2, -0.15) is 31.6 Å². The molecule has 10 heteroatoms. The van der Waals surface area contributed by atoms with Gasteiger partial charge in [0.25, 0.3) is 0 Å². The van der Waals surface area contributed by atoms with Gasteiger partial charge < -0.3 is 4.90 Å². The topological polar surface area (TPSA) is 44.3 Å². The van der Waals surface area contributed by atoms with Crippen LogP contribution in [0.2, 0.25) is 0 Å². The van der Waals surface area contributed by atoms with Crippen LogP contribution < -0.4 is 4.90 Å². The molecular formula is C14H10F6N4. The lowest BCUT2D eigenvalue weighted by Gasteiger charge is -2.33. The molecule has 0 spiro atoms. The first-order valence-electron chi connectivity index (χ1n) is 6.86. The largest absolute Gasteiger partial charge is 0.404 e. The van der Waals surface area contributed by atoms with E-state index < -0.39 is 37.3 Å². The minimum absolute atomic E-state index is 0.0919. The second-order valence-corrected chi connectivity index (χ2v) is 5.57. The zero-order valence-corrected chi connectivity index (χ0v) is 12.0. The van der Waals surface area contributed by atoms with E-state index >= 15 is 0 Å². The van der Waals surface area contributed by atoms with Gasteiger partial charge in [-0.25, -0.2) is 4.98 Å². The summed E-state index contributed by atoms with van der Waals surface area (Å²) in [5.41, 5.74) is -3.63. The number of imidazole rings is 1. The molecule has 3 rings (SSSR count). The maximum absolute atomic E-state index is 13.2. The molecule has 0 unspecified atom stereocenters. The third-order valence-corrected chi connectivity index (χ3v) is 4.27. The summed E-state index contributed by atoms with van der Waals surface area (Å²) in [5.74, 6) is -0.168. The Balaban J connectivity index is 2.07. The Kier molecular flexibility index (Phi) is 3.44. The molecule has 2 aromatic rings. The molecule has 0 bridgehead atoms. The zero-order valence-electron chi connectivity index (χ0n) is 12.0. The Labute approximate surface area is 131 Å². The second-order valence-electron chi connectivity index (χ2n) is 5.57. The zero-order chi connectivity index (χ0) is 17.8. The highest BCUT2D eigenvalue weighted by molar-refractivity contribution is 5.61. The van der Waals surface area contributed by atoms with Crippen LogP contribution in [0.4, 0.5) is 32.2 Å². The molecule has 0 amide bonds. The summed E-state index contributed by atoms with van der Waals surface area (Å²) < 4.78 is 80.2. The number of hydrogen-bond acceptors (Lipinski definition) is 3. The minimum atomic E-state index is -5.44. The van der Waals surface area contributed by atoms with E-state index in [1.54, 1.807) is 18.2 Å². The number of rotatable bonds is 1. The predicted octanol–water partition coefficient (Wildman–Crippen LogP) is 3.53. The van der Waals surface area contributed by atoms with Crippen LogP contribution in [0.3, 0.4) is 0 Å². The van der Waals surface area contributed by atoms with Crippen molar-refractivity contribution >= 4 is 11.5 Å². The highest BCUT2D eigenvalue weighted by Gasteiger charge is 2.72. The number of nitriles is 1. The molecule has 1 aliphatic rings. The molecule has 4 nitrogen and oxygen atoms in total. The molecule has 1 fully saturated rings. The van der Waals surface area contributed by atoms with Gasteiger partial charge in [0.05, 0.1) is 0 Å². The van der Waals surface area contributed by atoms with Crippen LogP contribution in [0.25, 0.3) is 5.65 Å². The summed E-state index contributed by atoms with van der Waals surface area (Å²) in [6.45, 7) is -1.80. The summed E-state index contributed by atoms with van der Waals surface area (Å²) in [6, 6.07) is 6.50. The molecule has 3 heterocycles. The lowest BCUT2D eigenvalue weighted by Crippen LogP contribution is -2.51. The van der Waals surface area contributed by atoms with Gasteiger partial charge in [0.2, 0.25) is 0 Å². The molecule has 1 aliphatic heterocycles. The number of halogens is 6. The van der Waals surface area contributed by atoms with E-state index in [0.29, 0.717) is 0 Å². The van der Waals surface area contributed by atoms with E-state index in [1.165, 1.54) is 16.7 Å². The van der Waals surface area contributed by atoms with Gasteiger partial charge in [-0.15, -0.1) is 0 Å². The van der Waals surface area contributed by atoms with E-state index in [1.807, 2.05) is 0 Å². The van der Waals surface area contributed by atoms with Crippen LogP contribution in [0.1, 0.15) is 12.1 Å². The van der Waals surface area contributed by atoms with Crippen molar-refractivity contribution in [1.29, 1.82) is 5.26 Å². The lowest BCUT2D eigenvalue weighted by atomic mass is 9.85. The summed E-state index contributed by atoms with van der Waals surface area (Å²) in [6.07, 6.45) is -10.5. The fourth-order valence-corrected chi connectivity index (χ4v) is 2.92. The van der Waals surface area contributed by atoms with E-state index in [-0.39, 0.29) is 17.2 Å². The van der Waals surface area contributed by atoms with Crippen LogP contribution in [-0.2, 0) is 0 Å². The molecule has 0 aliphatic carbocycles. The first-order chi connectivity index (χ1) is 11.1. The molecule has 1 saturated heterocycles. The normalized spacial score (nSPS) is 18.1. The monoisotopic (exact) mass is 348 g/mol. The number of aromatic nitrogens is 2. The van der Waals surface area contributed by atoms with Gasteiger partial charge in [-0.3, -0.25) is 4.40 Å². The van der Waals surface area contributed by atoms with Gasteiger partial charge >= 0.3 is 12.4 Å². The van der Waals surface area contributed by atoms with E-state index in [2.05, 4.69) is 4.98 Å². The molecule has 0 N–H and O–H groups in total. The Bertz CT molecular complexity index is 799. The van der Waals surface area contributed by atoms with Gasteiger partial charge in [0.1, 0.15) is 11.7 Å². The minimum Gasteiger partial charge on any atom is -0.353 e. The first kappa shape index (κ1) is 16.4. The van der Waals surface area contributed by atoms with E-state index in [9.17, 15) is 31.6 Å². The van der Waals surface area contributed by atoms with Crippen molar-refractivity contribution in [2.45, 2.75) is 18.8 Å². The molecule has 128 valence electrons. The number of anilines is 1. The number of alkyl halides is 6. The Hall–Kier alpha value is -2.44. The van der Waals surface area contributed by atoms with Crippen molar-refractivity contribution < 1.29 is 26.3 Å². The average Bonchev–Trinajstić information content (AvgIpc) is 3.08. The molecule has 0 atom stereocenters. The van der Waals surface area contributed by atoms with Crippen LogP contribution in [0.15, 0.2) is 24.4 Å². The SMILES string of the molecule is N#Cc1c(N2CCC(C(F)(F)F)(C(F)(F)F)C2)nc2ccccn12. The molecule has 24 heavy (non-hydrogen) atoms. The second kappa shape index (κ2) is 5.03. The fraction of sp³-hybridized carbons (Fsp3) is 0.429. The maximum atomic E-state index is 13.2. The van der Waals surface area contributed by atoms with Crippen LogP contribution in [0, 0.1) is 16.7 Å². The van der Waals surface area contributed by atoms with E-state index in [0.717, 1.165) is 4.90 Å². The molecule has 2 aromatic heterocycles. The number of fused-ring (bicyclic) bond motifs is 1. The predicted molar refractivity (Wildman–Crippen MR) is 71.3 cm³/mol. The van der Waals surface area contributed by atoms with Crippen LogP contribution >= 0.6 is 0 Å². The van der Waals surface area contributed by atoms with Crippen LogP contribution in [-0.4, -0.2) is 34.8 Å². The Morgan fingerprint density at radius 1 is 1.12 bits per heavy atom. The Morgan fingerprint density at radius 2 is 1.79 bits per heavy atom. The molecule has 0 radical (unpaired) electrons. The number of nitrogens with zero attached hydrogens (tertiary/aromatic N) is 4. The third-order valence-electron chi connectivity index (χ3n) is 4.27. The Morgan fingerprint density at radius 3 is 2.33 bits per heavy atom. The van der Waals surface area contributed by atoms with Gasteiger partial charge in [0.15, 0.2) is 16.9 Å². The quantitative estimate of drug-likeness (QED) is 0.741. The lowest BCUT2D eigenvalue weighted by molar-refractivity contribution is -0.332. The summed E-state index contributed by atoms with van der Waals surface area (Å²) >= 11 is 0. The molecule has 0 saturated carbocycles. The van der Waals surface area contributed by atoms with Crippen molar-refractivity contribution in [3.63, 3.8) is 0 Å². The summed E-state index contributed by atoms with van der Waals surface area (Å²) in [4.78, 5) is 4.91. The van der Waals surface area contributed by atoms with Gasteiger partial charge in [0, 0.05) is 19.3 Å². The number of pyridine rings is 1. The van der Waals surface area contributed by atoms with Crippen LogP contribution in [0.5, 0.6) is 0 Å². The van der Waals surface area contributed by atoms with Crippen molar-refractivity contribution in [3.8, 4) is 6.07 Å². The fourth-order valence-electron chi connectivity index (χ4n) is 2.92. The standard InChI is InChI=1S/C14H10F6N4/c15-13(16,17)12(14(18,19)20)4-6-23(8-12)11-9(7-21)24-5-2-1-3-10(24)22-11/h1-3,5H,4,6,8H2. The average molecular weight is 348 g/mol.